The Morgan fingerprint density at radius 1 is 1.15 bits per heavy atom. The Balaban J connectivity index is 2.25. The number of anilines is 1. The smallest absolute Gasteiger partial charge is 0.335 e. The number of amides is 2. The van der Waals surface area contributed by atoms with Gasteiger partial charge in [0.2, 0.25) is 17.7 Å². The molecular weight excluding hydrogens is 404 g/mol. The Hall–Kier alpha value is -2.94. The number of methoxy groups -OCH3 is 2. The molecule has 2 aromatic heterocycles. The first-order chi connectivity index (χ1) is 12.6. The average molecular weight is 420 g/mol. The summed E-state index contributed by atoms with van der Waals surface area (Å²) in [7, 11) is -5.85. The normalized spacial score (nSPS) is 11.7. The summed E-state index contributed by atoms with van der Waals surface area (Å²) < 4.78 is 60.0. The van der Waals surface area contributed by atoms with Crippen LogP contribution in [0.1, 0.15) is 6.92 Å². The lowest BCUT2D eigenvalue weighted by Gasteiger charge is -2.09. The third-order valence-electron chi connectivity index (χ3n) is 3.06. The van der Waals surface area contributed by atoms with Crippen LogP contribution in [0.15, 0.2) is 22.4 Å². The second-order valence-corrected chi connectivity index (χ2v) is 8.59. The van der Waals surface area contributed by atoms with Crippen molar-refractivity contribution < 1.29 is 31.1 Å². The molecule has 0 radical (unpaired) electrons. The van der Waals surface area contributed by atoms with Crippen molar-refractivity contribution in [2.45, 2.75) is 17.0 Å². The van der Waals surface area contributed by atoms with E-state index < -0.39 is 35.9 Å². The van der Waals surface area contributed by atoms with Crippen LogP contribution in [0.2, 0.25) is 0 Å². The van der Waals surface area contributed by atoms with Gasteiger partial charge in [-0.3, -0.25) is 5.32 Å². The summed E-state index contributed by atoms with van der Waals surface area (Å²) in [4.78, 5) is 25.3. The highest BCUT2D eigenvalue weighted by Crippen LogP contribution is 2.19. The highest BCUT2D eigenvalue weighted by atomic mass is 32.2. The van der Waals surface area contributed by atoms with Crippen LogP contribution in [0.3, 0.4) is 0 Å². The molecule has 0 aliphatic heterocycles. The van der Waals surface area contributed by atoms with Gasteiger partial charge in [-0.05, 0) is 0 Å². The molecule has 0 unspecified atom stereocenters. The third-order valence-corrected chi connectivity index (χ3v) is 6.16. The molecule has 0 fully saturated rings. The van der Waals surface area contributed by atoms with Gasteiger partial charge in [-0.2, -0.15) is 18.4 Å². The largest absolute Gasteiger partial charge is 0.481 e. The molecule has 0 spiro atoms. The van der Waals surface area contributed by atoms with Gasteiger partial charge in [0.1, 0.15) is 0 Å². The van der Waals surface area contributed by atoms with E-state index in [1.807, 2.05) is 0 Å². The molecule has 0 saturated heterocycles. The van der Waals surface area contributed by atoms with E-state index in [1.54, 1.807) is 4.72 Å². The summed E-state index contributed by atoms with van der Waals surface area (Å²) in [6.45, 7) is 1.33. The Labute approximate surface area is 154 Å². The molecule has 15 heteroatoms. The number of urea groups is 1. The third kappa shape index (κ3) is 4.62. The van der Waals surface area contributed by atoms with Crippen LogP contribution >= 0.6 is 0 Å². The molecule has 2 rings (SSSR count). The van der Waals surface area contributed by atoms with E-state index in [4.69, 9.17) is 9.47 Å². The Kier molecular flexibility index (Phi) is 5.85. The number of aromatic nitrogens is 4. The van der Waals surface area contributed by atoms with Crippen molar-refractivity contribution in [1.82, 2.24) is 24.7 Å². The first-order valence-electron chi connectivity index (χ1n) is 7.20. The minimum atomic E-state index is -4.57. The van der Waals surface area contributed by atoms with Crippen molar-refractivity contribution in [3.8, 4) is 11.8 Å². The molecule has 27 heavy (non-hydrogen) atoms. The van der Waals surface area contributed by atoms with Crippen LogP contribution in [0.4, 0.5) is 10.7 Å². The van der Waals surface area contributed by atoms with Crippen molar-refractivity contribution in [3.05, 3.63) is 12.4 Å². The van der Waals surface area contributed by atoms with Crippen LogP contribution in [0, 0.1) is 0 Å². The number of nitrogens with one attached hydrogen (secondary N) is 3. The summed E-state index contributed by atoms with van der Waals surface area (Å²) in [6.07, 6.45) is 0.894. The molecule has 0 aliphatic rings. The Bertz CT molecular complexity index is 1030. The molecule has 148 valence electrons. The molecule has 2 aromatic rings. The van der Waals surface area contributed by atoms with Crippen LogP contribution in [0.5, 0.6) is 11.8 Å². The number of H-pyrrole nitrogens is 1. The van der Waals surface area contributed by atoms with Crippen molar-refractivity contribution in [3.63, 3.8) is 0 Å². The van der Waals surface area contributed by atoms with Gasteiger partial charge in [0.05, 0.1) is 32.4 Å². The molecule has 0 aromatic carbocycles. The monoisotopic (exact) mass is 420 g/mol. The fraction of sp³-hybridized carbons (Fsp3) is 0.333. The zero-order valence-electron chi connectivity index (χ0n) is 14.4. The topological polar surface area (TPSA) is 182 Å². The molecule has 3 N–H and O–H groups in total. The number of sulfonamides is 1. The number of carbonyl (C=O) groups excluding carboxylic acids is 1. The van der Waals surface area contributed by atoms with Gasteiger partial charge in [-0.25, -0.2) is 22.9 Å². The van der Waals surface area contributed by atoms with Gasteiger partial charge in [-0.15, -0.1) is 0 Å². The molecular formula is C12H16N6O7S2. The number of hydrogen-bond donors (Lipinski definition) is 3. The van der Waals surface area contributed by atoms with Gasteiger partial charge >= 0.3 is 6.03 Å². The zero-order valence-corrected chi connectivity index (χ0v) is 16.0. The number of imidazole rings is 1. The predicted molar refractivity (Wildman–Crippen MR) is 90.8 cm³/mol. The first kappa shape index (κ1) is 20.4. The zero-order chi connectivity index (χ0) is 20.2. The molecule has 2 heterocycles. The molecule has 0 bridgehead atoms. The van der Waals surface area contributed by atoms with Crippen LogP contribution in [-0.4, -0.2) is 62.8 Å². The maximum Gasteiger partial charge on any atom is 0.335 e. The Morgan fingerprint density at radius 2 is 1.74 bits per heavy atom. The second kappa shape index (κ2) is 7.75. The summed E-state index contributed by atoms with van der Waals surface area (Å²) in [5.74, 6) is -0.552. The molecule has 2 amide bonds. The fourth-order valence-electron chi connectivity index (χ4n) is 1.79. The van der Waals surface area contributed by atoms with E-state index in [9.17, 15) is 21.6 Å². The number of hydrogen-bond acceptors (Lipinski definition) is 10. The number of nitrogens with zero attached hydrogens (tertiary/aromatic N) is 3. The molecule has 0 saturated carbocycles. The van der Waals surface area contributed by atoms with Gasteiger partial charge < -0.3 is 14.5 Å². The first-order valence-corrected chi connectivity index (χ1v) is 10.3. The fourth-order valence-corrected chi connectivity index (χ4v) is 4.22. The summed E-state index contributed by atoms with van der Waals surface area (Å²) in [6, 6.07) is 0.103. The lowest BCUT2D eigenvalue weighted by atomic mass is 10.6. The van der Waals surface area contributed by atoms with Gasteiger partial charge in [0.15, 0.2) is 19.9 Å². The summed E-state index contributed by atoms with van der Waals surface area (Å²) in [5, 5.41) is 0.636. The van der Waals surface area contributed by atoms with Crippen molar-refractivity contribution in [2.24, 2.45) is 0 Å². The lowest BCUT2D eigenvalue weighted by molar-refractivity contribution is 0.256. The highest BCUT2D eigenvalue weighted by Gasteiger charge is 2.30. The highest BCUT2D eigenvalue weighted by molar-refractivity contribution is 7.93. The number of sulfone groups is 1. The maximum absolute atomic E-state index is 12.3. The lowest BCUT2D eigenvalue weighted by Crippen LogP contribution is -2.35. The van der Waals surface area contributed by atoms with E-state index in [1.165, 1.54) is 27.2 Å². The quantitative estimate of drug-likeness (QED) is 0.529. The minimum absolute atomic E-state index is 0.0601. The molecule has 13 nitrogen and oxygen atoms in total. The number of rotatable bonds is 7. The number of carbonyl (C=O) groups is 1. The SMILES string of the molecule is CCS(=O)(=O)c1nc[nH]c1S(=O)(=O)NC(=O)Nc1nc(OC)cc(OC)n1. The van der Waals surface area contributed by atoms with Crippen molar-refractivity contribution in [2.75, 3.05) is 25.3 Å². The molecule has 0 aliphatic carbocycles. The standard InChI is InChI=1S/C12H16N6O7S2/c1-4-26(20,21)9-10(14-6-13-9)27(22,23)18-12(19)17-11-15-7(24-2)5-8(16-11)25-3/h5-6H,4H2,1-3H3,(H,13,14)(H2,15,16,17,18,19). The maximum atomic E-state index is 12.3. The van der Waals surface area contributed by atoms with Crippen LogP contribution in [0.25, 0.3) is 0 Å². The van der Waals surface area contributed by atoms with Gasteiger partial charge in [0.25, 0.3) is 10.0 Å². The van der Waals surface area contributed by atoms with E-state index in [0.717, 1.165) is 6.33 Å². The van der Waals surface area contributed by atoms with Gasteiger partial charge in [0, 0.05) is 0 Å². The Morgan fingerprint density at radius 3 is 2.26 bits per heavy atom. The minimum Gasteiger partial charge on any atom is -0.481 e. The molecule has 0 atom stereocenters. The number of ether oxygens (including phenoxy) is 2. The van der Waals surface area contributed by atoms with E-state index in [0.29, 0.717) is 0 Å². The average Bonchev–Trinajstić information content (AvgIpc) is 3.12. The predicted octanol–water partition coefficient (Wildman–Crippen LogP) is -0.479. The van der Waals surface area contributed by atoms with Crippen LogP contribution in [-0.2, 0) is 19.9 Å². The summed E-state index contributed by atoms with van der Waals surface area (Å²) in [5.41, 5.74) is 0. The van der Waals surface area contributed by atoms with E-state index in [-0.39, 0.29) is 23.5 Å². The van der Waals surface area contributed by atoms with Crippen LogP contribution < -0.4 is 19.5 Å². The number of aromatic amines is 1. The van der Waals surface area contributed by atoms with Crippen molar-refractivity contribution in [1.29, 1.82) is 0 Å². The van der Waals surface area contributed by atoms with Gasteiger partial charge in [-0.1, -0.05) is 6.92 Å². The van der Waals surface area contributed by atoms with E-state index >= 15 is 0 Å². The second-order valence-electron chi connectivity index (χ2n) is 4.78. The summed E-state index contributed by atoms with van der Waals surface area (Å²) >= 11 is 0. The van der Waals surface area contributed by atoms with E-state index in [2.05, 4.69) is 25.3 Å². The van der Waals surface area contributed by atoms with Crippen molar-refractivity contribution >= 4 is 31.8 Å².